The van der Waals surface area contributed by atoms with E-state index in [2.05, 4.69) is 15.9 Å². The maximum Gasteiger partial charge on any atom is 0.196 e. The van der Waals surface area contributed by atoms with Crippen molar-refractivity contribution in [2.75, 3.05) is 12.3 Å². The Hall–Kier alpha value is -1.59. The van der Waals surface area contributed by atoms with E-state index >= 15 is 0 Å². The van der Waals surface area contributed by atoms with Gasteiger partial charge < -0.3 is 10.5 Å². The third-order valence-corrected chi connectivity index (χ3v) is 4.02. The molecule has 0 atom stereocenters. The fraction of sp³-hybridized carbons (Fsp3) is 0.133. The van der Waals surface area contributed by atoms with Crippen molar-refractivity contribution in [3.63, 3.8) is 0 Å². The van der Waals surface area contributed by atoms with Gasteiger partial charge in [0.25, 0.3) is 0 Å². The molecule has 2 rings (SSSR count). The predicted molar refractivity (Wildman–Crippen MR) is 84.6 cm³/mol. The molecular weight excluding hydrogens is 361 g/mol. The van der Waals surface area contributed by atoms with Gasteiger partial charge in [0.1, 0.15) is 11.6 Å². The molecule has 0 aliphatic carbocycles. The summed E-state index contributed by atoms with van der Waals surface area (Å²) in [4.78, 5) is 12.3. The van der Waals surface area contributed by atoms with Crippen LogP contribution in [0.25, 0.3) is 0 Å². The molecule has 0 aliphatic rings. The zero-order valence-corrected chi connectivity index (χ0v) is 13.5. The first-order valence-corrected chi connectivity index (χ1v) is 7.32. The number of nitrogens with two attached hydrogens (primary N) is 1. The van der Waals surface area contributed by atoms with E-state index in [0.29, 0.717) is 22.5 Å². The summed E-state index contributed by atoms with van der Waals surface area (Å²) in [6.07, 6.45) is 0. The molecule has 2 N–H and O–H groups in total. The van der Waals surface area contributed by atoms with Crippen LogP contribution in [0, 0.1) is 5.82 Å². The Morgan fingerprint density at radius 3 is 2.71 bits per heavy atom. The van der Waals surface area contributed by atoms with Crippen molar-refractivity contribution in [1.29, 1.82) is 0 Å². The Morgan fingerprint density at radius 2 is 2.10 bits per heavy atom. The second-order valence-corrected chi connectivity index (χ2v) is 5.52. The number of benzene rings is 2. The van der Waals surface area contributed by atoms with E-state index in [0.717, 1.165) is 6.07 Å². The maximum absolute atomic E-state index is 13.9. The SMILES string of the molecule is CCOc1ccc(C(=O)c2cc(Cl)c(Br)cc2F)cc1N. The average molecular weight is 373 g/mol. The summed E-state index contributed by atoms with van der Waals surface area (Å²) >= 11 is 9.01. The smallest absolute Gasteiger partial charge is 0.196 e. The lowest BCUT2D eigenvalue weighted by molar-refractivity contribution is 0.103. The van der Waals surface area contributed by atoms with Crippen molar-refractivity contribution >= 4 is 39.0 Å². The highest BCUT2D eigenvalue weighted by Gasteiger charge is 2.17. The Balaban J connectivity index is 2.41. The van der Waals surface area contributed by atoms with Crippen molar-refractivity contribution in [1.82, 2.24) is 0 Å². The van der Waals surface area contributed by atoms with Gasteiger partial charge in [0.2, 0.25) is 0 Å². The second-order valence-electron chi connectivity index (χ2n) is 4.26. The molecule has 0 aromatic heterocycles. The van der Waals surface area contributed by atoms with Gasteiger partial charge in [-0.15, -0.1) is 0 Å². The Morgan fingerprint density at radius 1 is 1.38 bits per heavy atom. The second kappa shape index (κ2) is 6.45. The number of halogens is 3. The standard InChI is InChI=1S/C15H12BrClFNO2/c1-2-21-14-4-3-8(5-13(14)19)15(20)9-6-11(17)10(16)7-12(9)18/h3-7H,2,19H2,1H3. The molecule has 0 saturated heterocycles. The van der Waals surface area contributed by atoms with Gasteiger partial charge in [0.05, 0.1) is 22.9 Å². The molecule has 21 heavy (non-hydrogen) atoms. The minimum atomic E-state index is -0.649. The molecule has 0 spiro atoms. The van der Waals surface area contributed by atoms with Crippen molar-refractivity contribution in [2.24, 2.45) is 0 Å². The van der Waals surface area contributed by atoms with Crippen LogP contribution in [-0.2, 0) is 0 Å². The van der Waals surface area contributed by atoms with E-state index in [4.69, 9.17) is 22.1 Å². The number of hydrogen-bond donors (Lipinski definition) is 1. The number of ether oxygens (including phenoxy) is 1. The third-order valence-electron chi connectivity index (χ3n) is 2.83. The summed E-state index contributed by atoms with van der Waals surface area (Å²) in [6.45, 7) is 2.30. The first-order chi connectivity index (χ1) is 9.93. The number of rotatable bonds is 4. The Labute approximate surface area is 135 Å². The normalized spacial score (nSPS) is 10.5. The van der Waals surface area contributed by atoms with E-state index < -0.39 is 11.6 Å². The number of anilines is 1. The molecule has 3 nitrogen and oxygen atoms in total. The van der Waals surface area contributed by atoms with Gasteiger partial charge in [0, 0.05) is 10.0 Å². The lowest BCUT2D eigenvalue weighted by Gasteiger charge is -2.09. The Bertz CT molecular complexity index is 706. The topological polar surface area (TPSA) is 52.3 Å². The number of carbonyl (C=O) groups excluding carboxylic acids is 1. The lowest BCUT2D eigenvalue weighted by Crippen LogP contribution is -2.06. The lowest BCUT2D eigenvalue weighted by atomic mass is 10.0. The van der Waals surface area contributed by atoms with Gasteiger partial charge in [-0.3, -0.25) is 4.79 Å². The highest BCUT2D eigenvalue weighted by Crippen LogP contribution is 2.28. The number of hydrogen-bond acceptors (Lipinski definition) is 3. The molecule has 2 aromatic rings. The highest BCUT2D eigenvalue weighted by atomic mass is 79.9. The molecule has 6 heteroatoms. The maximum atomic E-state index is 13.9. The van der Waals surface area contributed by atoms with Gasteiger partial charge in [-0.1, -0.05) is 11.6 Å². The zero-order valence-electron chi connectivity index (χ0n) is 11.1. The van der Waals surface area contributed by atoms with Crippen molar-refractivity contribution in [3.8, 4) is 5.75 Å². The number of ketones is 1. The monoisotopic (exact) mass is 371 g/mol. The summed E-state index contributed by atoms with van der Waals surface area (Å²) in [7, 11) is 0. The Kier molecular flexibility index (Phi) is 4.85. The summed E-state index contributed by atoms with van der Waals surface area (Å²) < 4.78 is 19.6. The van der Waals surface area contributed by atoms with Gasteiger partial charge in [-0.25, -0.2) is 4.39 Å². The van der Waals surface area contributed by atoms with E-state index in [1.54, 1.807) is 12.1 Å². The third kappa shape index (κ3) is 3.36. The summed E-state index contributed by atoms with van der Waals surface area (Å²) in [5.74, 6) is -0.649. The summed E-state index contributed by atoms with van der Waals surface area (Å²) in [6, 6.07) is 7.04. The van der Waals surface area contributed by atoms with Gasteiger partial charge in [0.15, 0.2) is 5.78 Å². The van der Waals surface area contributed by atoms with Crippen LogP contribution in [0.15, 0.2) is 34.8 Å². The minimum Gasteiger partial charge on any atom is -0.492 e. The average Bonchev–Trinajstić information content (AvgIpc) is 2.44. The van der Waals surface area contributed by atoms with E-state index in [1.807, 2.05) is 6.92 Å². The van der Waals surface area contributed by atoms with E-state index in [-0.39, 0.29) is 16.1 Å². The van der Waals surface area contributed by atoms with Crippen LogP contribution in [0.5, 0.6) is 5.75 Å². The molecule has 0 amide bonds. The summed E-state index contributed by atoms with van der Waals surface area (Å²) in [5.41, 5.74) is 6.30. The molecular formula is C15H12BrClFNO2. The first kappa shape index (κ1) is 15.8. The van der Waals surface area contributed by atoms with Crippen LogP contribution in [0.4, 0.5) is 10.1 Å². The van der Waals surface area contributed by atoms with Crippen molar-refractivity contribution < 1.29 is 13.9 Å². The van der Waals surface area contributed by atoms with Crippen LogP contribution in [0.3, 0.4) is 0 Å². The molecule has 2 aromatic carbocycles. The molecule has 0 fully saturated rings. The largest absolute Gasteiger partial charge is 0.492 e. The summed E-state index contributed by atoms with van der Waals surface area (Å²) in [5, 5.41) is 0.263. The van der Waals surface area contributed by atoms with E-state index in [1.165, 1.54) is 12.1 Å². The van der Waals surface area contributed by atoms with Crippen molar-refractivity contribution in [3.05, 3.63) is 56.8 Å². The number of nitrogen functional groups attached to an aromatic ring is 1. The van der Waals surface area contributed by atoms with Gasteiger partial charge >= 0.3 is 0 Å². The molecule has 0 saturated carbocycles. The minimum absolute atomic E-state index is 0.105. The van der Waals surface area contributed by atoms with Crippen LogP contribution >= 0.6 is 27.5 Å². The molecule has 0 unspecified atom stereocenters. The van der Waals surface area contributed by atoms with Crippen LogP contribution in [0.2, 0.25) is 5.02 Å². The van der Waals surface area contributed by atoms with Crippen LogP contribution in [-0.4, -0.2) is 12.4 Å². The predicted octanol–water partition coefficient (Wildman–Crippen LogP) is 4.45. The van der Waals surface area contributed by atoms with Crippen LogP contribution in [0.1, 0.15) is 22.8 Å². The molecule has 0 heterocycles. The highest BCUT2D eigenvalue weighted by molar-refractivity contribution is 9.10. The van der Waals surface area contributed by atoms with E-state index in [9.17, 15) is 9.18 Å². The molecule has 110 valence electrons. The fourth-order valence-electron chi connectivity index (χ4n) is 1.83. The van der Waals surface area contributed by atoms with Gasteiger partial charge in [-0.05, 0) is 53.2 Å². The van der Waals surface area contributed by atoms with Crippen molar-refractivity contribution in [2.45, 2.75) is 6.92 Å². The number of carbonyl (C=O) groups is 1. The first-order valence-electron chi connectivity index (χ1n) is 6.15. The van der Waals surface area contributed by atoms with Gasteiger partial charge in [-0.2, -0.15) is 0 Å². The molecule has 0 aliphatic heterocycles. The quantitative estimate of drug-likeness (QED) is 0.490. The zero-order chi connectivity index (χ0) is 15.6. The van der Waals surface area contributed by atoms with Crippen LogP contribution < -0.4 is 10.5 Å². The molecule has 0 bridgehead atoms. The molecule has 0 radical (unpaired) electrons. The fourth-order valence-corrected chi connectivity index (χ4v) is 2.31.